The Hall–Kier alpha value is -2.00. The Morgan fingerprint density at radius 3 is 2.90 bits per heavy atom. The second-order valence-electron chi connectivity index (χ2n) is 3.96. The molecule has 0 unspecified atom stereocenters. The van der Waals surface area contributed by atoms with Crippen molar-refractivity contribution >= 4 is 17.5 Å². The zero-order chi connectivity index (χ0) is 14.8. The molecule has 0 fully saturated rings. The van der Waals surface area contributed by atoms with Gasteiger partial charge in [-0.1, -0.05) is 0 Å². The van der Waals surface area contributed by atoms with Crippen LogP contribution in [0.25, 0.3) is 0 Å². The van der Waals surface area contributed by atoms with Gasteiger partial charge < -0.3 is 20.5 Å². The number of nitrogens with zero attached hydrogens (tertiary/aromatic N) is 3. The van der Waals surface area contributed by atoms with Crippen LogP contribution >= 0.6 is 0 Å². The van der Waals surface area contributed by atoms with Crippen molar-refractivity contribution in [3.8, 4) is 0 Å². The Labute approximate surface area is 116 Å². The molecule has 0 amide bonds. The number of nitrogens with one attached hydrogen (secondary N) is 1. The molecule has 0 aliphatic rings. The SMILES string of the molecule is COCCOCCCCNc1nc(N)ncc1[N+](=O)[O-]. The molecule has 0 atom stereocenters. The van der Waals surface area contributed by atoms with Crippen LogP contribution in [0, 0.1) is 10.1 Å². The Morgan fingerprint density at radius 2 is 2.20 bits per heavy atom. The molecule has 1 rings (SSSR count). The third-order valence-corrected chi connectivity index (χ3v) is 2.42. The van der Waals surface area contributed by atoms with Gasteiger partial charge in [0.2, 0.25) is 11.8 Å². The molecule has 0 bridgehead atoms. The van der Waals surface area contributed by atoms with E-state index in [2.05, 4.69) is 15.3 Å². The van der Waals surface area contributed by atoms with Crippen molar-refractivity contribution in [1.29, 1.82) is 0 Å². The summed E-state index contributed by atoms with van der Waals surface area (Å²) in [5.41, 5.74) is 5.22. The van der Waals surface area contributed by atoms with Gasteiger partial charge in [-0.15, -0.1) is 0 Å². The number of rotatable bonds is 10. The van der Waals surface area contributed by atoms with Gasteiger partial charge in [-0.3, -0.25) is 10.1 Å². The number of unbranched alkanes of at least 4 members (excludes halogenated alkanes) is 1. The molecule has 0 spiro atoms. The van der Waals surface area contributed by atoms with Gasteiger partial charge in [-0.25, -0.2) is 4.98 Å². The zero-order valence-electron chi connectivity index (χ0n) is 11.4. The minimum atomic E-state index is -0.546. The van der Waals surface area contributed by atoms with Crippen molar-refractivity contribution in [2.45, 2.75) is 12.8 Å². The van der Waals surface area contributed by atoms with Gasteiger partial charge in [-0.05, 0) is 12.8 Å². The van der Waals surface area contributed by atoms with Gasteiger partial charge in [0.15, 0.2) is 0 Å². The van der Waals surface area contributed by atoms with Crippen LogP contribution in [0.5, 0.6) is 0 Å². The first-order valence-corrected chi connectivity index (χ1v) is 6.22. The number of ether oxygens (including phenoxy) is 2. The summed E-state index contributed by atoms with van der Waals surface area (Å²) in [6.45, 7) is 2.31. The second kappa shape index (κ2) is 8.99. The van der Waals surface area contributed by atoms with E-state index < -0.39 is 4.92 Å². The van der Waals surface area contributed by atoms with E-state index in [1.807, 2.05) is 0 Å². The molecule has 9 heteroatoms. The predicted molar refractivity (Wildman–Crippen MR) is 73.5 cm³/mol. The molecule has 3 N–H and O–H groups in total. The zero-order valence-corrected chi connectivity index (χ0v) is 11.4. The van der Waals surface area contributed by atoms with E-state index in [-0.39, 0.29) is 17.5 Å². The number of nitro groups is 1. The molecule has 1 aromatic heterocycles. The summed E-state index contributed by atoms with van der Waals surface area (Å²) in [6, 6.07) is 0. The lowest BCUT2D eigenvalue weighted by Gasteiger charge is -2.07. The first-order valence-electron chi connectivity index (χ1n) is 6.22. The second-order valence-corrected chi connectivity index (χ2v) is 3.96. The number of methoxy groups -OCH3 is 1. The van der Waals surface area contributed by atoms with Gasteiger partial charge in [-0.2, -0.15) is 4.98 Å². The minimum absolute atomic E-state index is 0.000925. The Kier molecular flexibility index (Phi) is 7.22. The highest BCUT2D eigenvalue weighted by Crippen LogP contribution is 2.20. The van der Waals surface area contributed by atoms with Crippen molar-refractivity contribution in [1.82, 2.24) is 9.97 Å². The number of hydrogen-bond acceptors (Lipinski definition) is 8. The molecule has 0 aliphatic heterocycles. The molecule has 0 radical (unpaired) electrons. The lowest BCUT2D eigenvalue weighted by atomic mass is 10.3. The summed E-state index contributed by atoms with van der Waals surface area (Å²) < 4.78 is 10.1. The van der Waals surface area contributed by atoms with Gasteiger partial charge in [0.1, 0.15) is 6.20 Å². The van der Waals surface area contributed by atoms with Gasteiger partial charge in [0, 0.05) is 20.3 Å². The third kappa shape index (κ3) is 5.76. The molecule has 1 heterocycles. The molecular weight excluding hydrogens is 266 g/mol. The van der Waals surface area contributed by atoms with Crippen molar-refractivity contribution in [3.05, 3.63) is 16.3 Å². The van der Waals surface area contributed by atoms with Crippen LogP contribution in [-0.4, -0.2) is 48.4 Å². The monoisotopic (exact) mass is 285 g/mol. The van der Waals surface area contributed by atoms with E-state index in [0.29, 0.717) is 26.4 Å². The maximum Gasteiger partial charge on any atom is 0.329 e. The van der Waals surface area contributed by atoms with E-state index in [9.17, 15) is 10.1 Å². The van der Waals surface area contributed by atoms with Crippen LogP contribution in [0.4, 0.5) is 17.5 Å². The fraction of sp³-hybridized carbons (Fsp3) is 0.636. The van der Waals surface area contributed by atoms with Gasteiger partial charge >= 0.3 is 5.69 Å². The molecule has 1 aromatic rings. The average molecular weight is 285 g/mol. The van der Waals surface area contributed by atoms with Gasteiger partial charge in [0.05, 0.1) is 18.1 Å². The normalized spacial score (nSPS) is 10.4. The Bertz CT molecular complexity index is 429. The van der Waals surface area contributed by atoms with E-state index in [0.717, 1.165) is 19.0 Å². The van der Waals surface area contributed by atoms with Crippen molar-refractivity contribution in [3.63, 3.8) is 0 Å². The quantitative estimate of drug-likeness (QED) is 0.367. The molecule has 112 valence electrons. The number of nitrogen functional groups attached to an aromatic ring is 1. The maximum absolute atomic E-state index is 10.8. The topological polar surface area (TPSA) is 125 Å². The van der Waals surface area contributed by atoms with E-state index in [1.54, 1.807) is 7.11 Å². The van der Waals surface area contributed by atoms with Crippen LogP contribution in [-0.2, 0) is 9.47 Å². The molecule has 20 heavy (non-hydrogen) atoms. The molecular formula is C11H19N5O4. The van der Waals surface area contributed by atoms with Crippen LogP contribution in [0.15, 0.2) is 6.20 Å². The summed E-state index contributed by atoms with van der Waals surface area (Å²) in [5, 5.41) is 13.7. The van der Waals surface area contributed by atoms with E-state index in [4.69, 9.17) is 15.2 Å². The Morgan fingerprint density at radius 1 is 1.40 bits per heavy atom. The standard InChI is InChI=1S/C11H19N5O4/c1-19-6-7-20-5-3-2-4-13-10-9(16(17)18)8-14-11(12)15-10/h8H,2-7H2,1H3,(H3,12,13,14,15). The summed E-state index contributed by atoms with van der Waals surface area (Å²) in [4.78, 5) is 17.7. The van der Waals surface area contributed by atoms with Crippen LogP contribution in [0.1, 0.15) is 12.8 Å². The van der Waals surface area contributed by atoms with E-state index in [1.165, 1.54) is 0 Å². The maximum atomic E-state index is 10.8. The minimum Gasteiger partial charge on any atom is -0.382 e. The number of nitrogens with two attached hydrogens (primary N) is 1. The third-order valence-electron chi connectivity index (χ3n) is 2.42. The highest BCUT2D eigenvalue weighted by molar-refractivity contribution is 5.56. The summed E-state index contributed by atoms with van der Waals surface area (Å²) in [7, 11) is 1.62. The summed E-state index contributed by atoms with van der Waals surface area (Å²) in [5.74, 6) is 0.142. The molecule has 0 saturated carbocycles. The fourth-order valence-electron chi connectivity index (χ4n) is 1.43. The Balaban J connectivity index is 2.28. The largest absolute Gasteiger partial charge is 0.382 e. The van der Waals surface area contributed by atoms with Crippen molar-refractivity contribution in [2.24, 2.45) is 0 Å². The molecule has 0 saturated heterocycles. The highest BCUT2D eigenvalue weighted by atomic mass is 16.6. The molecule has 9 nitrogen and oxygen atoms in total. The molecule has 0 aromatic carbocycles. The van der Waals surface area contributed by atoms with Gasteiger partial charge in [0.25, 0.3) is 0 Å². The lowest BCUT2D eigenvalue weighted by molar-refractivity contribution is -0.384. The first-order chi connectivity index (χ1) is 9.65. The van der Waals surface area contributed by atoms with Crippen molar-refractivity contribution < 1.29 is 14.4 Å². The smallest absolute Gasteiger partial charge is 0.329 e. The van der Waals surface area contributed by atoms with Crippen LogP contribution < -0.4 is 11.1 Å². The number of anilines is 2. The number of aromatic nitrogens is 2. The van der Waals surface area contributed by atoms with Crippen LogP contribution in [0.3, 0.4) is 0 Å². The predicted octanol–water partition coefficient (Wildman–Crippen LogP) is 0.822. The fourth-order valence-corrected chi connectivity index (χ4v) is 1.43. The first kappa shape index (κ1) is 16.1. The number of hydrogen-bond donors (Lipinski definition) is 2. The summed E-state index contributed by atoms with van der Waals surface area (Å²) >= 11 is 0. The molecule has 0 aliphatic carbocycles. The van der Waals surface area contributed by atoms with E-state index >= 15 is 0 Å². The average Bonchev–Trinajstić information content (AvgIpc) is 2.41. The lowest BCUT2D eigenvalue weighted by Crippen LogP contribution is -2.10. The van der Waals surface area contributed by atoms with Crippen molar-refractivity contribution in [2.75, 3.05) is 44.5 Å². The highest BCUT2D eigenvalue weighted by Gasteiger charge is 2.15. The summed E-state index contributed by atoms with van der Waals surface area (Å²) in [6.07, 6.45) is 2.73. The van der Waals surface area contributed by atoms with Crippen LogP contribution in [0.2, 0.25) is 0 Å².